The SMILES string of the molecule is CN1CCCC(CO)(NCC2CCCO2)C1. The summed E-state index contributed by atoms with van der Waals surface area (Å²) in [5.41, 5.74) is -0.0983. The van der Waals surface area contributed by atoms with Gasteiger partial charge in [-0.3, -0.25) is 0 Å². The van der Waals surface area contributed by atoms with Gasteiger partial charge in [-0.15, -0.1) is 0 Å². The second kappa shape index (κ2) is 5.45. The lowest BCUT2D eigenvalue weighted by molar-refractivity contribution is 0.0547. The Morgan fingerprint density at radius 2 is 2.38 bits per heavy atom. The van der Waals surface area contributed by atoms with E-state index < -0.39 is 0 Å². The molecule has 94 valence electrons. The van der Waals surface area contributed by atoms with Crippen LogP contribution in [-0.4, -0.2) is 61.5 Å². The monoisotopic (exact) mass is 228 g/mol. The first kappa shape index (κ1) is 12.3. The van der Waals surface area contributed by atoms with Gasteiger partial charge in [0.2, 0.25) is 0 Å². The van der Waals surface area contributed by atoms with E-state index in [4.69, 9.17) is 4.74 Å². The lowest BCUT2D eigenvalue weighted by Gasteiger charge is -2.41. The number of piperidine rings is 1. The molecule has 0 aromatic carbocycles. The van der Waals surface area contributed by atoms with Crippen LogP contribution in [0.2, 0.25) is 0 Å². The van der Waals surface area contributed by atoms with Gasteiger partial charge in [0.05, 0.1) is 18.2 Å². The van der Waals surface area contributed by atoms with E-state index in [-0.39, 0.29) is 12.1 Å². The molecule has 2 unspecified atom stereocenters. The lowest BCUT2D eigenvalue weighted by atomic mass is 9.89. The van der Waals surface area contributed by atoms with Crippen LogP contribution in [0.1, 0.15) is 25.7 Å². The average molecular weight is 228 g/mol. The smallest absolute Gasteiger partial charge is 0.0700 e. The molecular weight excluding hydrogens is 204 g/mol. The molecule has 2 aliphatic rings. The largest absolute Gasteiger partial charge is 0.394 e. The van der Waals surface area contributed by atoms with Gasteiger partial charge >= 0.3 is 0 Å². The number of aliphatic hydroxyl groups is 1. The molecule has 2 atom stereocenters. The number of nitrogens with zero attached hydrogens (tertiary/aromatic N) is 1. The van der Waals surface area contributed by atoms with Crippen molar-refractivity contribution in [3.05, 3.63) is 0 Å². The highest BCUT2D eigenvalue weighted by atomic mass is 16.5. The van der Waals surface area contributed by atoms with Crippen LogP contribution in [0.15, 0.2) is 0 Å². The van der Waals surface area contributed by atoms with E-state index in [1.165, 1.54) is 6.42 Å². The number of likely N-dealkylation sites (N-methyl/N-ethyl adjacent to an activating group) is 1. The second-order valence-corrected chi connectivity index (χ2v) is 5.30. The highest BCUT2D eigenvalue weighted by Gasteiger charge is 2.34. The number of ether oxygens (including phenoxy) is 1. The average Bonchev–Trinajstić information content (AvgIpc) is 2.79. The molecule has 2 fully saturated rings. The Bertz CT molecular complexity index is 219. The maximum absolute atomic E-state index is 9.60. The van der Waals surface area contributed by atoms with Gasteiger partial charge in [-0.1, -0.05) is 0 Å². The summed E-state index contributed by atoms with van der Waals surface area (Å²) < 4.78 is 5.60. The highest BCUT2D eigenvalue weighted by molar-refractivity contribution is 4.94. The van der Waals surface area contributed by atoms with Crippen molar-refractivity contribution >= 4 is 0 Å². The van der Waals surface area contributed by atoms with E-state index in [1.807, 2.05) is 0 Å². The van der Waals surface area contributed by atoms with Gasteiger partial charge in [0.1, 0.15) is 0 Å². The molecule has 0 saturated carbocycles. The van der Waals surface area contributed by atoms with Gasteiger partial charge < -0.3 is 20.1 Å². The van der Waals surface area contributed by atoms with Crippen LogP contribution in [0.25, 0.3) is 0 Å². The summed E-state index contributed by atoms with van der Waals surface area (Å²) >= 11 is 0. The fourth-order valence-corrected chi connectivity index (χ4v) is 2.83. The molecule has 0 aromatic rings. The zero-order chi connectivity index (χ0) is 11.4. The fraction of sp³-hybridized carbons (Fsp3) is 1.00. The van der Waals surface area contributed by atoms with Gasteiger partial charge in [0.25, 0.3) is 0 Å². The summed E-state index contributed by atoms with van der Waals surface area (Å²) in [7, 11) is 2.12. The maximum atomic E-state index is 9.60. The summed E-state index contributed by atoms with van der Waals surface area (Å²) in [6, 6.07) is 0. The molecule has 0 bridgehead atoms. The first-order valence-electron chi connectivity index (χ1n) is 6.40. The molecular formula is C12H24N2O2. The standard InChI is InChI=1S/C12H24N2O2/c1-14-6-3-5-12(9-14,10-15)13-8-11-4-2-7-16-11/h11,13,15H,2-10H2,1H3. The first-order chi connectivity index (χ1) is 7.74. The molecule has 2 heterocycles. The second-order valence-electron chi connectivity index (χ2n) is 5.30. The van der Waals surface area contributed by atoms with Gasteiger partial charge in [0.15, 0.2) is 0 Å². The van der Waals surface area contributed by atoms with Crippen molar-refractivity contribution in [3.8, 4) is 0 Å². The molecule has 4 nitrogen and oxygen atoms in total. The number of hydrogen-bond acceptors (Lipinski definition) is 4. The first-order valence-corrected chi connectivity index (χ1v) is 6.40. The minimum Gasteiger partial charge on any atom is -0.394 e. The maximum Gasteiger partial charge on any atom is 0.0700 e. The topological polar surface area (TPSA) is 44.7 Å². The minimum atomic E-state index is -0.0983. The van der Waals surface area contributed by atoms with Crippen molar-refractivity contribution in [1.82, 2.24) is 10.2 Å². The molecule has 0 aromatic heterocycles. The molecule has 0 spiro atoms. The third-order valence-electron chi connectivity index (χ3n) is 3.80. The van der Waals surface area contributed by atoms with E-state index in [0.29, 0.717) is 6.10 Å². The summed E-state index contributed by atoms with van der Waals surface area (Å²) in [5.74, 6) is 0. The van der Waals surface area contributed by atoms with Crippen LogP contribution < -0.4 is 5.32 Å². The van der Waals surface area contributed by atoms with Crippen LogP contribution >= 0.6 is 0 Å². The predicted octanol–water partition coefficient (Wildman–Crippen LogP) is 0.212. The molecule has 2 rings (SSSR count). The highest BCUT2D eigenvalue weighted by Crippen LogP contribution is 2.21. The molecule has 2 N–H and O–H groups in total. The van der Waals surface area contributed by atoms with Crippen LogP contribution in [0.5, 0.6) is 0 Å². The van der Waals surface area contributed by atoms with Crippen LogP contribution in [0.3, 0.4) is 0 Å². The van der Waals surface area contributed by atoms with Crippen molar-refractivity contribution < 1.29 is 9.84 Å². The van der Waals surface area contributed by atoms with Crippen molar-refractivity contribution in [1.29, 1.82) is 0 Å². The Morgan fingerprint density at radius 1 is 1.50 bits per heavy atom. The van der Waals surface area contributed by atoms with Crippen molar-refractivity contribution in [2.24, 2.45) is 0 Å². The predicted molar refractivity (Wildman–Crippen MR) is 63.5 cm³/mol. The molecule has 2 aliphatic heterocycles. The van der Waals surface area contributed by atoms with E-state index in [2.05, 4.69) is 17.3 Å². The molecule has 0 amide bonds. The van der Waals surface area contributed by atoms with Crippen LogP contribution in [-0.2, 0) is 4.74 Å². The summed E-state index contributed by atoms with van der Waals surface area (Å²) in [5, 5.41) is 13.1. The lowest BCUT2D eigenvalue weighted by Crippen LogP contribution is -2.59. The number of likely N-dealkylation sites (tertiary alicyclic amines) is 1. The Kier molecular flexibility index (Phi) is 4.19. The Labute approximate surface area is 98.0 Å². The molecule has 16 heavy (non-hydrogen) atoms. The Hall–Kier alpha value is -0.160. The van der Waals surface area contributed by atoms with Gasteiger partial charge in [0, 0.05) is 19.7 Å². The summed E-state index contributed by atoms with van der Waals surface area (Å²) in [4.78, 5) is 2.29. The van der Waals surface area contributed by atoms with E-state index in [1.54, 1.807) is 0 Å². The molecule has 2 saturated heterocycles. The van der Waals surface area contributed by atoms with E-state index >= 15 is 0 Å². The minimum absolute atomic E-state index is 0.0983. The quantitative estimate of drug-likeness (QED) is 0.722. The Balaban J connectivity index is 1.83. The number of rotatable bonds is 4. The van der Waals surface area contributed by atoms with Gasteiger partial charge in [-0.25, -0.2) is 0 Å². The zero-order valence-corrected chi connectivity index (χ0v) is 10.2. The van der Waals surface area contributed by atoms with Crippen LogP contribution in [0, 0.1) is 0 Å². The molecule has 4 heteroatoms. The van der Waals surface area contributed by atoms with Gasteiger partial charge in [-0.05, 0) is 39.3 Å². The van der Waals surface area contributed by atoms with Crippen molar-refractivity contribution in [3.63, 3.8) is 0 Å². The third-order valence-corrected chi connectivity index (χ3v) is 3.80. The number of aliphatic hydroxyl groups excluding tert-OH is 1. The van der Waals surface area contributed by atoms with Crippen molar-refractivity contribution in [2.45, 2.75) is 37.3 Å². The number of hydrogen-bond donors (Lipinski definition) is 2. The normalized spacial score (nSPS) is 36.8. The Morgan fingerprint density at radius 3 is 3.00 bits per heavy atom. The molecule has 0 aliphatic carbocycles. The zero-order valence-electron chi connectivity index (χ0n) is 10.2. The van der Waals surface area contributed by atoms with Crippen LogP contribution in [0.4, 0.5) is 0 Å². The molecule has 0 radical (unpaired) electrons. The van der Waals surface area contributed by atoms with E-state index in [9.17, 15) is 5.11 Å². The summed E-state index contributed by atoms with van der Waals surface area (Å²) in [6.45, 7) is 4.09. The van der Waals surface area contributed by atoms with Crippen molar-refractivity contribution in [2.75, 3.05) is 39.9 Å². The summed E-state index contributed by atoms with van der Waals surface area (Å²) in [6.07, 6.45) is 4.93. The third kappa shape index (κ3) is 2.94. The van der Waals surface area contributed by atoms with E-state index in [0.717, 1.165) is 45.5 Å². The van der Waals surface area contributed by atoms with Gasteiger partial charge in [-0.2, -0.15) is 0 Å². The fourth-order valence-electron chi connectivity index (χ4n) is 2.83. The number of nitrogens with one attached hydrogen (secondary N) is 1.